The highest BCUT2D eigenvalue weighted by molar-refractivity contribution is 6.00. The first-order chi connectivity index (χ1) is 16.7. The fourth-order valence-electron chi connectivity index (χ4n) is 3.51. The number of nitrogens with zero attached hydrogens (tertiary/aromatic N) is 3. The van der Waals surface area contributed by atoms with E-state index in [2.05, 4.69) is 22.0 Å². The van der Waals surface area contributed by atoms with Gasteiger partial charge in [0.25, 0.3) is 0 Å². The van der Waals surface area contributed by atoms with Crippen molar-refractivity contribution in [2.75, 3.05) is 0 Å². The molecule has 1 aliphatic rings. The van der Waals surface area contributed by atoms with E-state index in [4.69, 9.17) is 4.84 Å². The lowest BCUT2D eigenvalue weighted by atomic mass is 10.0. The normalized spacial score (nSPS) is 13.3. The Kier molecular flexibility index (Phi) is 6.49. The lowest BCUT2D eigenvalue weighted by molar-refractivity contribution is 0.130. The Bertz CT molecular complexity index is 1310. The van der Waals surface area contributed by atoms with Crippen LogP contribution in [0.25, 0.3) is 11.1 Å². The van der Waals surface area contributed by atoms with Crippen molar-refractivity contribution in [3.05, 3.63) is 114 Å². The van der Waals surface area contributed by atoms with E-state index >= 15 is 0 Å². The molecule has 0 spiro atoms. The highest BCUT2D eigenvalue weighted by Gasteiger charge is 2.17. The Balaban J connectivity index is 1.27. The zero-order chi connectivity index (χ0) is 23.2. The Hall–Kier alpha value is -4.17. The van der Waals surface area contributed by atoms with E-state index in [1.807, 2.05) is 59.3 Å². The minimum Gasteiger partial charge on any atom is -0.391 e. The van der Waals surface area contributed by atoms with Crippen LogP contribution in [0.15, 0.2) is 96.7 Å². The lowest BCUT2D eigenvalue weighted by Gasteiger charge is -2.09. The molecule has 1 aliphatic carbocycles. The van der Waals surface area contributed by atoms with Gasteiger partial charge in [0.15, 0.2) is 0 Å². The maximum absolute atomic E-state index is 13.2. The van der Waals surface area contributed by atoms with Crippen LogP contribution in [-0.4, -0.2) is 15.3 Å². The van der Waals surface area contributed by atoms with Crippen LogP contribution in [0.2, 0.25) is 0 Å². The number of oxime groups is 1. The second-order valence-corrected chi connectivity index (χ2v) is 8.37. The molecule has 1 aromatic heterocycles. The first kappa shape index (κ1) is 21.7. The zero-order valence-electron chi connectivity index (χ0n) is 18.7. The predicted molar refractivity (Wildman–Crippen MR) is 131 cm³/mol. The molecule has 5 rings (SSSR count). The smallest absolute Gasteiger partial charge is 0.142 e. The molecule has 0 unspecified atom stereocenters. The summed E-state index contributed by atoms with van der Waals surface area (Å²) in [5.41, 5.74) is 5.81. The van der Waals surface area contributed by atoms with E-state index in [1.165, 1.54) is 25.0 Å². The number of imidazole rings is 1. The third-order valence-corrected chi connectivity index (χ3v) is 5.65. The minimum atomic E-state index is -0.237. The summed E-state index contributed by atoms with van der Waals surface area (Å²) in [6.07, 6.45) is 7.86. The maximum Gasteiger partial charge on any atom is 0.142 e. The van der Waals surface area contributed by atoms with Crippen LogP contribution in [0, 0.1) is 23.6 Å². The van der Waals surface area contributed by atoms with Gasteiger partial charge < -0.3 is 9.40 Å². The number of aromatic nitrogens is 2. The molecule has 5 heteroatoms. The molecule has 0 radical (unpaired) electrons. The van der Waals surface area contributed by atoms with Crippen LogP contribution in [0.4, 0.5) is 4.39 Å². The topological polar surface area (TPSA) is 39.4 Å². The van der Waals surface area contributed by atoms with Gasteiger partial charge >= 0.3 is 0 Å². The lowest BCUT2D eigenvalue weighted by Crippen LogP contribution is -2.11. The molecule has 1 saturated carbocycles. The largest absolute Gasteiger partial charge is 0.391 e. The number of hydrogen-bond acceptors (Lipinski definition) is 3. The van der Waals surface area contributed by atoms with Crippen LogP contribution in [0.1, 0.15) is 29.5 Å². The second-order valence-electron chi connectivity index (χ2n) is 8.37. The van der Waals surface area contributed by atoms with Crippen LogP contribution in [0.3, 0.4) is 0 Å². The summed E-state index contributed by atoms with van der Waals surface area (Å²) < 4.78 is 15.1. The van der Waals surface area contributed by atoms with Gasteiger partial charge in [-0.3, -0.25) is 0 Å². The average molecular weight is 450 g/mol. The monoisotopic (exact) mass is 449 g/mol. The van der Waals surface area contributed by atoms with Gasteiger partial charge in [0.1, 0.15) is 18.1 Å². The number of hydrogen-bond donors (Lipinski definition) is 0. The van der Waals surface area contributed by atoms with E-state index < -0.39 is 0 Å². The molecule has 4 aromatic rings. The van der Waals surface area contributed by atoms with Crippen LogP contribution < -0.4 is 0 Å². The predicted octanol–water partition coefficient (Wildman–Crippen LogP) is 6.07. The molecule has 4 nitrogen and oxygen atoms in total. The first-order valence-electron chi connectivity index (χ1n) is 11.3. The number of rotatable bonds is 7. The van der Waals surface area contributed by atoms with E-state index in [0.29, 0.717) is 19.1 Å². The molecule has 0 aliphatic heterocycles. The summed E-state index contributed by atoms with van der Waals surface area (Å²) in [4.78, 5) is 9.86. The molecule has 34 heavy (non-hydrogen) atoms. The van der Waals surface area contributed by atoms with Crippen molar-refractivity contribution < 1.29 is 9.23 Å². The summed E-state index contributed by atoms with van der Waals surface area (Å²) >= 11 is 0. The minimum absolute atomic E-state index is 0.237. The molecule has 0 saturated heterocycles. The Morgan fingerprint density at radius 2 is 1.68 bits per heavy atom. The van der Waals surface area contributed by atoms with Gasteiger partial charge in [0.2, 0.25) is 0 Å². The Labute approximate surface area is 198 Å². The van der Waals surface area contributed by atoms with E-state index in [9.17, 15) is 4.39 Å². The van der Waals surface area contributed by atoms with Crippen molar-refractivity contribution >= 4 is 5.71 Å². The van der Waals surface area contributed by atoms with Crippen LogP contribution >= 0.6 is 0 Å². The second kappa shape index (κ2) is 10.2. The van der Waals surface area contributed by atoms with Crippen molar-refractivity contribution in [2.24, 2.45) is 11.1 Å². The van der Waals surface area contributed by atoms with Gasteiger partial charge in [-0.1, -0.05) is 65.5 Å². The van der Waals surface area contributed by atoms with Crippen molar-refractivity contribution in [3.63, 3.8) is 0 Å². The summed E-state index contributed by atoms with van der Waals surface area (Å²) in [5.74, 6) is 6.88. The molecule has 0 atom stereocenters. The van der Waals surface area contributed by atoms with Gasteiger partial charge in [-0.2, -0.15) is 0 Å². The summed E-state index contributed by atoms with van der Waals surface area (Å²) in [6, 6.07) is 22.6. The molecular formula is C29H24FN3O. The van der Waals surface area contributed by atoms with Gasteiger partial charge in [-0.25, -0.2) is 9.37 Å². The van der Waals surface area contributed by atoms with Gasteiger partial charge in [0.05, 0.1) is 12.9 Å². The highest BCUT2D eigenvalue weighted by Crippen LogP contribution is 2.27. The quantitative estimate of drug-likeness (QED) is 0.195. The SMILES string of the molecule is Fc1ccc(-c2ccc(CO/N=C(\Cn3ccnc3)c3ccc(C#CC4CC4)cc3)cc2)cc1. The molecule has 0 amide bonds. The third-order valence-electron chi connectivity index (χ3n) is 5.65. The van der Waals surface area contributed by atoms with Crippen molar-refractivity contribution in [1.82, 2.24) is 9.55 Å². The van der Waals surface area contributed by atoms with E-state index in [0.717, 1.165) is 33.5 Å². The maximum atomic E-state index is 13.2. The zero-order valence-corrected chi connectivity index (χ0v) is 18.7. The molecule has 1 heterocycles. The van der Waals surface area contributed by atoms with Crippen molar-refractivity contribution in [3.8, 4) is 23.0 Å². The van der Waals surface area contributed by atoms with Crippen LogP contribution in [-0.2, 0) is 18.0 Å². The molecular weight excluding hydrogens is 425 g/mol. The fraction of sp³-hybridized carbons (Fsp3) is 0.172. The number of halogens is 1. The summed E-state index contributed by atoms with van der Waals surface area (Å²) in [6.45, 7) is 0.901. The molecule has 1 fully saturated rings. The van der Waals surface area contributed by atoms with Gasteiger partial charge in [-0.15, -0.1) is 0 Å². The standard InChI is InChI=1S/C29H24FN3O/c30-28-15-13-26(14-16-28)25-9-7-24(8-10-25)20-34-32-29(19-33-18-17-31-21-33)27-11-5-23(6-12-27)4-3-22-1-2-22/h5-18,21-22H,1-2,19-20H2/b32-29+. The van der Waals surface area contributed by atoms with Crippen molar-refractivity contribution in [1.29, 1.82) is 0 Å². The first-order valence-corrected chi connectivity index (χ1v) is 11.3. The van der Waals surface area contributed by atoms with Crippen LogP contribution in [0.5, 0.6) is 0 Å². The molecule has 3 aromatic carbocycles. The van der Waals surface area contributed by atoms with E-state index in [-0.39, 0.29) is 5.82 Å². The number of benzene rings is 3. The summed E-state index contributed by atoms with van der Waals surface area (Å²) in [7, 11) is 0. The highest BCUT2D eigenvalue weighted by atomic mass is 19.1. The van der Waals surface area contributed by atoms with Gasteiger partial charge in [-0.05, 0) is 53.8 Å². The third kappa shape index (κ3) is 5.79. The van der Waals surface area contributed by atoms with Gasteiger partial charge in [0, 0.05) is 29.4 Å². The van der Waals surface area contributed by atoms with Crippen molar-refractivity contribution in [2.45, 2.75) is 26.0 Å². The van der Waals surface area contributed by atoms with E-state index in [1.54, 1.807) is 24.7 Å². The summed E-state index contributed by atoms with van der Waals surface area (Å²) in [5, 5.41) is 4.46. The molecule has 0 bridgehead atoms. The fourth-order valence-corrected chi connectivity index (χ4v) is 3.51. The Morgan fingerprint density at radius 1 is 0.971 bits per heavy atom. The molecule has 168 valence electrons. The molecule has 0 N–H and O–H groups in total. The average Bonchev–Trinajstić information content (AvgIpc) is 3.57. The Morgan fingerprint density at radius 3 is 2.32 bits per heavy atom.